The van der Waals surface area contributed by atoms with Gasteiger partial charge in [0, 0.05) is 38.3 Å². The SMILES string of the molecule is CCNC(=NCc1ccc(CN2CCCCC2C)cc1)NC1CCN(C(=O)OCC)CC1. The van der Waals surface area contributed by atoms with E-state index in [2.05, 4.69) is 53.6 Å². The molecule has 32 heavy (non-hydrogen) atoms. The van der Waals surface area contributed by atoms with E-state index in [-0.39, 0.29) is 6.09 Å². The average Bonchev–Trinajstić information content (AvgIpc) is 2.81. The molecule has 2 fully saturated rings. The molecule has 1 amide bonds. The van der Waals surface area contributed by atoms with E-state index in [1.807, 2.05) is 6.92 Å². The van der Waals surface area contributed by atoms with Gasteiger partial charge in [0.2, 0.25) is 0 Å². The first-order valence-electron chi connectivity index (χ1n) is 12.4. The van der Waals surface area contributed by atoms with Crippen LogP contribution in [0.15, 0.2) is 29.3 Å². The van der Waals surface area contributed by atoms with E-state index >= 15 is 0 Å². The zero-order valence-corrected chi connectivity index (χ0v) is 20.1. The number of carbonyl (C=O) groups excluding carboxylic acids is 1. The van der Waals surface area contributed by atoms with Gasteiger partial charge in [0.25, 0.3) is 0 Å². The Balaban J connectivity index is 1.48. The highest BCUT2D eigenvalue weighted by Crippen LogP contribution is 2.19. The molecule has 0 aliphatic carbocycles. The Hall–Kier alpha value is -2.28. The van der Waals surface area contributed by atoms with E-state index in [0.29, 0.717) is 38.3 Å². The van der Waals surface area contributed by atoms with Crippen LogP contribution in [0.5, 0.6) is 0 Å². The Morgan fingerprint density at radius 2 is 1.78 bits per heavy atom. The lowest BCUT2D eigenvalue weighted by molar-refractivity contribution is 0.0963. The number of guanidine groups is 1. The van der Waals surface area contributed by atoms with Gasteiger partial charge in [0.15, 0.2) is 5.96 Å². The molecule has 1 aromatic rings. The first kappa shape index (κ1) is 24.4. The summed E-state index contributed by atoms with van der Waals surface area (Å²) < 4.78 is 5.11. The number of likely N-dealkylation sites (tertiary alicyclic amines) is 2. The number of amides is 1. The summed E-state index contributed by atoms with van der Waals surface area (Å²) in [6, 6.07) is 9.90. The van der Waals surface area contributed by atoms with Gasteiger partial charge in [0.05, 0.1) is 13.2 Å². The van der Waals surface area contributed by atoms with Crippen LogP contribution in [0.2, 0.25) is 0 Å². The number of benzene rings is 1. The van der Waals surface area contributed by atoms with Crippen LogP contribution in [-0.2, 0) is 17.8 Å². The molecule has 0 saturated carbocycles. The molecular formula is C25H41N5O2. The van der Waals surface area contributed by atoms with Crippen molar-refractivity contribution in [2.24, 2.45) is 4.99 Å². The molecular weight excluding hydrogens is 402 g/mol. The smallest absolute Gasteiger partial charge is 0.409 e. The first-order chi connectivity index (χ1) is 15.6. The molecule has 7 nitrogen and oxygen atoms in total. The first-order valence-corrected chi connectivity index (χ1v) is 12.4. The third-order valence-electron chi connectivity index (χ3n) is 6.47. The minimum absolute atomic E-state index is 0.204. The van der Waals surface area contributed by atoms with Crippen LogP contribution < -0.4 is 10.6 Å². The van der Waals surface area contributed by atoms with Crippen LogP contribution in [-0.4, -0.2) is 66.7 Å². The zero-order chi connectivity index (χ0) is 22.8. The number of hydrogen-bond acceptors (Lipinski definition) is 4. The maximum absolute atomic E-state index is 11.9. The summed E-state index contributed by atoms with van der Waals surface area (Å²) in [5, 5.41) is 6.89. The molecule has 0 bridgehead atoms. The van der Waals surface area contributed by atoms with E-state index in [4.69, 9.17) is 9.73 Å². The van der Waals surface area contributed by atoms with Crippen LogP contribution in [0, 0.1) is 0 Å². The highest BCUT2D eigenvalue weighted by molar-refractivity contribution is 5.80. The van der Waals surface area contributed by atoms with E-state index in [1.54, 1.807) is 4.90 Å². The quantitative estimate of drug-likeness (QED) is 0.496. The van der Waals surface area contributed by atoms with Crippen LogP contribution in [0.25, 0.3) is 0 Å². The number of nitrogens with zero attached hydrogens (tertiary/aromatic N) is 3. The summed E-state index contributed by atoms with van der Waals surface area (Å²) in [6.45, 7) is 11.8. The number of rotatable bonds is 7. The number of piperidine rings is 2. The molecule has 0 spiro atoms. The monoisotopic (exact) mass is 443 g/mol. The largest absolute Gasteiger partial charge is 0.450 e. The normalized spacial score (nSPS) is 20.8. The Bertz CT molecular complexity index is 728. The molecule has 2 N–H and O–H groups in total. The Kier molecular flexibility index (Phi) is 9.65. The molecule has 2 saturated heterocycles. The van der Waals surface area contributed by atoms with Crippen LogP contribution >= 0.6 is 0 Å². The Morgan fingerprint density at radius 3 is 2.44 bits per heavy atom. The second-order valence-electron chi connectivity index (χ2n) is 8.93. The van der Waals surface area contributed by atoms with Gasteiger partial charge in [-0.25, -0.2) is 9.79 Å². The number of ether oxygens (including phenoxy) is 1. The summed E-state index contributed by atoms with van der Waals surface area (Å²) in [7, 11) is 0. The van der Waals surface area contributed by atoms with Crippen molar-refractivity contribution in [3.05, 3.63) is 35.4 Å². The Morgan fingerprint density at radius 1 is 1.06 bits per heavy atom. The van der Waals surface area contributed by atoms with Gasteiger partial charge >= 0.3 is 6.09 Å². The van der Waals surface area contributed by atoms with Crippen molar-refractivity contribution in [1.29, 1.82) is 0 Å². The molecule has 1 atom stereocenters. The van der Waals surface area contributed by atoms with Crippen molar-refractivity contribution in [1.82, 2.24) is 20.4 Å². The lowest BCUT2D eigenvalue weighted by Gasteiger charge is -2.33. The molecule has 2 aliphatic rings. The second-order valence-corrected chi connectivity index (χ2v) is 8.93. The van der Waals surface area contributed by atoms with Crippen LogP contribution in [0.3, 0.4) is 0 Å². The molecule has 1 aromatic carbocycles. The maximum atomic E-state index is 11.9. The second kappa shape index (κ2) is 12.7. The van der Waals surface area contributed by atoms with Gasteiger partial charge in [-0.3, -0.25) is 4.90 Å². The molecule has 7 heteroatoms. The number of hydrogen-bond donors (Lipinski definition) is 2. The van der Waals surface area contributed by atoms with Gasteiger partial charge in [-0.2, -0.15) is 0 Å². The van der Waals surface area contributed by atoms with Gasteiger partial charge < -0.3 is 20.3 Å². The molecule has 0 aromatic heterocycles. The Labute approximate surface area is 193 Å². The molecule has 178 valence electrons. The summed E-state index contributed by atoms with van der Waals surface area (Å²) in [4.78, 5) is 21.1. The van der Waals surface area contributed by atoms with Gasteiger partial charge in [-0.15, -0.1) is 0 Å². The number of carbonyl (C=O) groups is 1. The van der Waals surface area contributed by atoms with E-state index in [0.717, 1.165) is 31.9 Å². The minimum atomic E-state index is -0.204. The molecule has 2 heterocycles. The van der Waals surface area contributed by atoms with Crippen molar-refractivity contribution in [2.75, 3.05) is 32.8 Å². The molecule has 0 radical (unpaired) electrons. The molecule has 2 aliphatic heterocycles. The lowest BCUT2D eigenvalue weighted by atomic mass is 10.0. The minimum Gasteiger partial charge on any atom is -0.450 e. The summed E-state index contributed by atoms with van der Waals surface area (Å²) in [5.41, 5.74) is 2.60. The predicted octanol–water partition coefficient (Wildman–Crippen LogP) is 3.74. The molecule has 3 rings (SSSR count). The zero-order valence-electron chi connectivity index (χ0n) is 20.1. The van der Waals surface area contributed by atoms with Crippen molar-refractivity contribution in [3.8, 4) is 0 Å². The van der Waals surface area contributed by atoms with Gasteiger partial charge in [0.1, 0.15) is 0 Å². The third kappa shape index (κ3) is 7.40. The fourth-order valence-electron chi connectivity index (χ4n) is 4.48. The van der Waals surface area contributed by atoms with Gasteiger partial charge in [-0.05, 0) is 64.1 Å². The summed E-state index contributed by atoms with van der Waals surface area (Å²) >= 11 is 0. The topological polar surface area (TPSA) is 69.2 Å². The van der Waals surface area contributed by atoms with E-state index < -0.39 is 0 Å². The van der Waals surface area contributed by atoms with Crippen molar-refractivity contribution in [2.45, 2.75) is 78.0 Å². The highest BCUT2D eigenvalue weighted by atomic mass is 16.6. The lowest BCUT2D eigenvalue weighted by Crippen LogP contribution is -2.49. The predicted molar refractivity (Wildman–Crippen MR) is 130 cm³/mol. The third-order valence-corrected chi connectivity index (χ3v) is 6.47. The highest BCUT2D eigenvalue weighted by Gasteiger charge is 2.24. The van der Waals surface area contributed by atoms with Crippen LogP contribution in [0.4, 0.5) is 4.79 Å². The van der Waals surface area contributed by atoms with Crippen LogP contribution in [0.1, 0.15) is 64.0 Å². The van der Waals surface area contributed by atoms with Crippen molar-refractivity contribution in [3.63, 3.8) is 0 Å². The number of aliphatic imine (C=N–C) groups is 1. The fourth-order valence-corrected chi connectivity index (χ4v) is 4.48. The maximum Gasteiger partial charge on any atom is 0.409 e. The fraction of sp³-hybridized carbons (Fsp3) is 0.680. The standard InChI is InChI=1S/C25H41N5O2/c1-4-26-24(28-23-13-16-29(17-14-23)25(31)32-5-2)27-18-21-9-11-22(12-10-21)19-30-15-7-6-8-20(30)3/h9-12,20,23H,4-8,13-19H2,1-3H3,(H2,26,27,28). The average molecular weight is 444 g/mol. The summed E-state index contributed by atoms with van der Waals surface area (Å²) in [5.74, 6) is 0.841. The van der Waals surface area contributed by atoms with E-state index in [9.17, 15) is 4.79 Å². The van der Waals surface area contributed by atoms with Gasteiger partial charge in [-0.1, -0.05) is 30.7 Å². The number of nitrogens with one attached hydrogen (secondary N) is 2. The summed E-state index contributed by atoms with van der Waals surface area (Å²) in [6.07, 6.45) is 5.58. The van der Waals surface area contributed by atoms with Crippen molar-refractivity contribution < 1.29 is 9.53 Å². The van der Waals surface area contributed by atoms with Crippen molar-refractivity contribution >= 4 is 12.1 Å². The molecule has 1 unspecified atom stereocenters. The van der Waals surface area contributed by atoms with E-state index in [1.165, 1.54) is 36.9 Å².